The summed E-state index contributed by atoms with van der Waals surface area (Å²) in [5, 5.41) is 0. The van der Waals surface area contributed by atoms with Crippen LogP contribution in [0.1, 0.15) is 0 Å². The van der Waals surface area contributed by atoms with E-state index in [1.54, 1.807) is 0 Å². The van der Waals surface area contributed by atoms with Crippen LogP contribution in [0.3, 0.4) is 0 Å². The van der Waals surface area contributed by atoms with E-state index >= 15 is 0 Å². The van der Waals surface area contributed by atoms with Gasteiger partial charge in [-0.3, -0.25) is 0 Å². The van der Waals surface area contributed by atoms with Crippen LogP contribution in [-0.2, 0) is 0 Å². The van der Waals surface area contributed by atoms with Crippen LogP contribution in [0.5, 0.6) is 0 Å². The molecule has 0 radical (unpaired) electrons. The first kappa shape index (κ1) is 6.63. The maximum atomic E-state index is 5.16. The summed E-state index contributed by atoms with van der Waals surface area (Å²) in [5.41, 5.74) is 0. The van der Waals surface area contributed by atoms with E-state index in [0.717, 1.165) is 0 Å². The smallest absolute Gasteiger partial charge is 0.0648 e. The monoisotopic (exact) mass is 229 g/mol. The summed E-state index contributed by atoms with van der Waals surface area (Å²) in [5.74, 6) is 0. The minimum absolute atomic E-state index is 0.142. The maximum Gasteiger partial charge on any atom is 0.419 e. The molecule has 0 nitrogen and oxygen atoms in total. The van der Waals surface area contributed by atoms with Gasteiger partial charge < -0.3 is 0 Å². The van der Waals surface area contributed by atoms with Crippen molar-refractivity contribution in [3.63, 3.8) is 0 Å². The molecule has 0 aliphatic carbocycles. The Morgan fingerprint density at radius 3 is 2.44 bits per heavy atom. The second-order valence-electron chi connectivity index (χ2n) is 1.50. The number of hydrogen-bond donors (Lipinski definition) is 0. The molecule has 1 heteroatoms. The second-order valence-corrected chi connectivity index (χ2v) is 3.91. The molecule has 9 heavy (non-hydrogen) atoms. The van der Waals surface area contributed by atoms with Crippen LogP contribution in [-0.4, -0.2) is 0 Å². The van der Waals surface area contributed by atoms with Gasteiger partial charge in [-0.1, -0.05) is 24.6 Å². The van der Waals surface area contributed by atoms with E-state index in [0.29, 0.717) is 0 Å². The molecule has 0 saturated carbocycles. The molecule has 0 atom stereocenters. The third kappa shape index (κ3) is 2.06. The number of terminal acetylenes is 1. The predicted molar refractivity (Wildman–Crippen MR) is 34.0 cm³/mol. The Kier molecular flexibility index (Phi) is 2.59. The first-order valence-corrected chi connectivity index (χ1v) is 4.73. The van der Waals surface area contributed by atoms with Crippen molar-refractivity contribution >= 4 is 0 Å². The Morgan fingerprint density at radius 2 is 1.89 bits per heavy atom. The lowest BCUT2D eigenvalue weighted by Crippen LogP contribution is -3.59. The summed E-state index contributed by atoms with van der Waals surface area (Å²) in [6.07, 6.45) is 5.16. The van der Waals surface area contributed by atoms with Gasteiger partial charge in [-0.25, -0.2) is 0 Å². The highest BCUT2D eigenvalue weighted by molar-refractivity contribution is 4.99. The largest absolute Gasteiger partial charge is 0.419 e. The van der Waals surface area contributed by atoms with E-state index in [9.17, 15) is 0 Å². The summed E-state index contributed by atoms with van der Waals surface area (Å²) < 4.78 is 4.01. The zero-order valence-corrected chi connectivity index (χ0v) is 7.00. The van der Waals surface area contributed by atoms with E-state index in [4.69, 9.17) is 6.42 Å². The van der Waals surface area contributed by atoms with Crippen molar-refractivity contribution in [1.29, 1.82) is 0 Å². The highest BCUT2D eigenvalue weighted by atomic mass is 127. The highest BCUT2D eigenvalue weighted by Gasteiger charge is 2.03. The van der Waals surface area contributed by atoms with Crippen LogP contribution < -0.4 is 21.2 Å². The number of benzene rings is 1. The molecule has 0 N–H and O–H groups in total. The average molecular weight is 229 g/mol. The summed E-state index contributed by atoms with van der Waals surface area (Å²) >= 11 is -0.142. The van der Waals surface area contributed by atoms with Crippen LogP contribution in [0.15, 0.2) is 30.3 Å². The summed E-state index contributed by atoms with van der Waals surface area (Å²) in [6, 6.07) is 10.2. The Balaban J connectivity index is 2.76. The average Bonchev–Trinajstić information content (AvgIpc) is 1.91. The van der Waals surface area contributed by atoms with E-state index in [1.807, 2.05) is 18.2 Å². The van der Waals surface area contributed by atoms with Crippen LogP contribution >= 0.6 is 0 Å². The highest BCUT2D eigenvalue weighted by Crippen LogP contribution is 1.81. The Morgan fingerprint density at radius 1 is 1.22 bits per heavy atom. The Labute approximate surface area is 65.5 Å². The predicted octanol–water partition coefficient (Wildman–Crippen LogP) is -1.46. The summed E-state index contributed by atoms with van der Waals surface area (Å²) in [7, 11) is 0. The van der Waals surface area contributed by atoms with Gasteiger partial charge in [0.15, 0.2) is 3.93 Å². The molecule has 0 fully saturated rings. The number of halogens is 1. The SMILES string of the molecule is C#C[I+]c1ccccc1. The van der Waals surface area contributed by atoms with E-state index < -0.39 is 0 Å². The Bertz CT molecular complexity index is 208. The fourth-order valence-electron chi connectivity index (χ4n) is 0.541. The van der Waals surface area contributed by atoms with E-state index in [2.05, 4.69) is 16.1 Å². The zero-order chi connectivity index (χ0) is 6.53. The number of hydrogen-bond acceptors (Lipinski definition) is 0. The molecular weight excluding hydrogens is 223 g/mol. The van der Waals surface area contributed by atoms with Gasteiger partial charge in [-0.05, 0) is 12.1 Å². The van der Waals surface area contributed by atoms with Gasteiger partial charge in [0.05, 0.1) is 0 Å². The van der Waals surface area contributed by atoms with Gasteiger partial charge in [0.25, 0.3) is 0 Å². The molecule has 1 aromatic carbocycles. The fourth-order valence-corrected chi connectivity index (χ4v) is 1.68. The molecule has 1 rings (SSSR count). The molecule has 0 heterocycles. The molecule has 1 aromatic rings. The van der Waals surface area contributed by atoms with Gasteiger partial charge in [-0.2, -0.15) is 0 Å². The van der Waals surface area contributed by atoms with E-state index in [1.165, 1.54) is 3.57 Å². The quantitative estimate of drug-likeness (QED) is 0.407. The molecule has 0 aliphatic heterocycles. The minimum atomic E-state index is -0.142. The van der Waals surface area contributed by atoms with Gasteiger partial charge >= 0.3 is 21.2 Å². The molecule has 0 aliphatic rings. The molecule has 0 spiro atoms. The topological polar surface area (TPSA) is 0 Å². The van der Waals surface area contributed by atoms with Crippen molar-refractivity contribution in [3.8, 4) is 10.4 Å². The van der Waals surface area contributed by atoms with Gasteiger partial charge in [0.1, 0.15) is 0 Å². The number of rotatable bonds is 1. The lowest BCUT2D eigenvalue weighted by atomic mass is 10.4. The standard InChI is InChI=1S/C8H6I/c1-2-9-8-6-4-3-5-7-8/h1,3-7H/q+1. The van der Waals surface area contributed by atoms with Crippen LogP contribution in [0.2, 0.25) is 0 Å². The van der Waals surface area contributed by atoms with Gasteiger partial charge in [0.2, 0.25) is 3.57 Å². The van der Waals surface area contributed by atoms with Crippen LogP contribution in [0.25, 0.3) is 0 Å². The minimum Gasteiger partial charge on any atom is -0.0648 e. The van der Waals surface area contributed by atoms with Crippen LogP contribution in [0, 0.1) is 13.9 Å². The lowest BCUT2D eigenvalue weighted by Gasteiger charge is -1.75. The summed E-state index contributed by atoms with van der Waals surface area (Å²) in [6.45, 7) is 0. The maximum absolute atomic E-state index is 5.16. The first-order valence-electron chi connectivity index (χ1n) is 2.58. The molecule has 0 bridgehead atoms. The third-order valence-corrected chi connectivity index (χ3v) is 2.55. The zero-order valence-electron chi connectivity index (χ0n) is 4.84. The molecule has 0 amide bonds. The first-order chi connectivity index (χ1) is 4.43. The Hall–Kier alpha value is -0.490. The van der Waals surface area contributed by atoms with Crippen molar-refractivity contribution in [1.82, 2.24) is 0 Å². The van der Waals surface area contributed by atoms with Crippen molar-refractivity contribution in [3.05, 3.63) is 33.9 Å². The van der Waals surface area contributed by atoms with Gasteiger partial charge in [-0.15, -0.1) is 0 Å². The van der Waals surface area contributed by atoms with Crippen molar-refractivity contribution in [2.24, 2.45) is 0 Å². The second kappa shape index (κ2) is 3.52. The lowest BCUT2D eigenvalue weighted by molar-refractivity contribution is -0.535. The summed E-state index contributed by atoms with van der Waals surface area (Å²) in [4.78, 5) is 0. The molecular formula is C8H6I+. The molecule has 0 unspecified atom stereocenters. The third-order valence-electron chi connectivity index (χ3n) is 0.897. The van der Waals surface area contributed by atoms with Gasteiger partial charge in [0, 0.05) is 0 Å². The van der Waals surface area contributed by atoms with E-state index in [-0.39, 0.29) is 21.2 Å². The fraction of sp³-hybridized carbons (Fsp3) is 0. The normalized spacial score (nSPS) is 8.33. The molecule has 0 aromatic heterocycles. The van der Waals surface area contributed by atoms with Crippen molar-refractivity contribution in [2.45, 2.75) is 0 Å². The molecule has 0 saturated heterocycles. The molecule has 44 valence electrons. The van der Waals surface area contributed by atoms with Crippen molar-refractivity contribution < 1.29 is 21.2 Å². The van der Waals surface area contributed by atoms with Crippen molar-refractivity contribution in [2.75, 3.05) is 0 Å². The van der Waals surface area contributed by atoms with Crippen LogP contribution in [0.4, 0.5) is 0 Å².